The van der Waals surface area contributed by atoms with Gasteiger partial charge >= 0.3 is 0 Å². The van der Waals surface area contributed by atoms with Gasteiger partial charge in [0.15, 0.2) is 0 Å². The van der Waals surface area contributed by atoms with Gasteiger partial charge in [-0.05, 0) is 149 Å². The third-order valence-electron chi connectivity index (χ3n) is 14.8. The molecule has 0 heterocycles. The van der Waals surface area contributed by atoms with E-state index in [1.54, 1.807) is 22.3 Å². The van der Waals surface area contributed by atoms with E-state index in [2.05, 4.69) is 135 Å². The van der Waals surface area contributed by atoms with Crippen molar-refractivity contribution in [1.29, 1.82) is 0 Å². The van der Waals surface area contributed by atoms with Gasteiger partial charge in [-0.3, -0.25) is 0 Å². The fraction of sp³-hybridized carbons (Fsp3) is 0.388. The SMILES string of the molecule is CC(C)(C)c1ccc(N(c2ccc3c(c2)C2(CCCC2)c2ccccc2-3)c2cccc3c2-c2ccccc2C32C3CC4CC(C3)CC2C4)cc1. The lowest BCUT2D eigenvalue weighted by Crippen LogP contribution is -2.55. The molecule has 0 N–H and O–H groups in total. The quantitative estimate of drug-likeness (QED) is 0.188. The summed E-state index contributed by atoms with van der Waals surface area (Å²) in [5.41, 5.74) is 17.9. The van der Waals surface area contributed by atoms with E-state index in [4.69, 9.17) is 0 Å². The van der Waals surface area contributed by atoms with Crippen LogP contribution in [0.5, 0.6) is 0 Å². The van der Waals surface area contributed by atoms with Gasteiger partial charge in [0.1, 0.15) is 0 Å². The summed E-state index contributed by atoms with van der Waals surface area (Å²) in [6, 6.07) is 43.4. The third kappa shape index (κ3) is 3.80. The van der Waals surface area contributed by atoms with Crippen molar-refractivity contribution in [2.45, 2.75) is 94.8 Å². The van der Waals surface area contributed by atoms with Crippen molar-refractivity contribution >= 4 is 17.1 Å². The molecule has 0 amide bonds. The Kier molecular flexibility index (Phi) is 6.07. The molecule has 0 saturated heterocycles. The maximum Gasteiger partial charge on any atom is 0.0543 e. The number of fused-ring (bicyclic) bond motifs is 8. The van der Waals surface area contributed by atoms with E-state index in [1.807, 2.05) is 0 Å². The van der Waals surface area contributed by atoms with Crippen molar-refractivity contribution in [3.05, 3.63) is 137 Å². The number of hydrogen-bond donors (Lipinski definition) is 0. The molecule has 250 valence electrons. The minimum atomic E-state index is 0.107. The van der Waals surface area contributed by atoms with Crippen molar-refractivity contribution in [2.24, 2.45) is 23.7 Å². The highest BCUT2D eigenvalue weighted by molar-refractivity contribution is 5.96. The van der Waals surface area contributed by atoms with E-state index >= 15 is 0 Å². The molecular weight excluding hydrogens is 603 g/mol. The van der Waals surface area contributed by atoms with E-state index in [1.165, 1.54) is 103 Å². The highest BCUT2D eigenvalue weighted by Gasteiger charge is 2.62. The molecule has 12 rings (SSSR count). The highest BCUT2D eigenvalue weighted by atomic mass is 15.1. The molecule has 0 aromatic heterocycles. The number of hydrogen-bond acceptors (Lipinski definition) is 1. The molecule has 0 aliphatic heterocycles. The Morgan fingerprint density at radius 2 is 1.14 bits per heavy atom. The molecule has 5 aromatic carbocycles. The van der Waals surface area contributed by atoms with E-state index in [0.717, 1.165) is 23.7 Å². The molecule has 0 unspecified atom stereocenters. The van der Waals surface area contributed by atoms with Crippen molar-refractivity contribution < 1.29 is 0 Å². The lowest BCUT2D eigenvalue weighted by molar-refractivity contribution is -0.0399. The van der Waals surface area contributed by atoms with Crippen LogP contribution >= 0.6 is 0 Å². The standard InChI is InChI=1S/C49H49N/c1-47(2,3)33-17-19-36(20-18-33)50(37-21-22-39-38-11-4-6-13-41(38)48(44(39)30-37)23-8-9-24-48)45-16-10-15-43-46(45)40-12-5-7-14-42(40)49(43)34-26-31-25-32(28-34)29-35(49)27-31/h4-7,10-22,30-32,34-35H,8-9,23-29H2,1-3H3. The first-order valence-corrected chi connectivity index (χ1v) is 19.7. The molecule has 5 fully saturated rings. The van der Waals surface area contributed by atoms with E-state index in [9.17, 15) is 0 Å². The number of rotatable bonds is 3. The maximum atomic E-state index is 2.64. The fourth-order valence-corrected chi connectivity index (χ4v) is 13.0. The first-order chi connectivity index (χ1) is 24.4. The Hall–Kier alpha value is -4.10. The van der Waals surface area contributed by atoms with Gasteiger partial charge in [-0.25, -0.2) is 0 Å². The van der Waals surface area contributed by atoms with Crippen LogP contribution in [0.3, 0.4) is 0 Å². The van der Waals surface area contributed by atoms with Crippen molar-refractivity contribution in [1.82, 2.24) is 0 Å². The molecule has 0 atom stereocenters. The Labute approximate surface area is 298 Å². The lowest BCUT2D eigenvalue weighted by Gasteiger charge is -2.61. The molecule has 1 heteroatoms. The molecule has 7 aliphatic carbocycles. The summed E-state index contributed by atoms with van der Waals surface area (Å²) in [6.07, 6.45) is 12.3. The van der Waals surface area contributed by atoms with Gasteiger partial charge in [-0.1, -0.05) is 112 Å². The van der Waals surface area contributed by atoms with Crippen molar-refractivity contribution in [3.8, 4) is 22.3 Å². The monoisotopic (exact) mass is 651 g/mol. The Morgan fingerprint density at radius 1 is 0.540 bits per heavy atom. The van der Waals surface area contributed by atoms with E-state index in [-0.39, 0.29) is 16.2 Å². The van der Waals surface area contributed by atoms with Gasteiger partial charge in [-0.15, -0.1) is 0 Å². The second-order valence-electron chi connectivity index (χ2n) is 18.1. The van der Waals surface area contributed by atoms with Gasteiger partial charge in [0.2, 0.25) is 0 Å². The average Bonchev–Trinajstić information content (AvgIpc) is 3.81. The summed E-state index contributed by atoms with van der Waals surface area (Å²) >= 11 is 0. The summed E-state index contributed by atoms with van der Waals surface area (Å²) in [5.74, 6) is 3.41. The van der Waals surface area contributed by atoms with Gasteiger partial charge in [0, 0.05) is 27.8 Å². The van der Waals surface area contributed by atoms with Gasteiger partial charge < -0.3 is 4.90 Å². The zero-order valence-corrected chi connectivity index (χ0v) is 30.0. The van der Waals surface area contributed by atoms with Crippen LogP contribution in [0, 0.1) is 23.7 Å². The first kappa shape index (κ1) is 29.6. The zero-order valence-electron chi connectivity index (χ0n) is 30.0. The van der Waals surface area contributed by atoms with Gasteiger partial charge in [0.05, 0.1) is 5.69 Å². The number of benzene rings is 5. The Bertz CT molecular complexity index is 2140. The molecule has 0 radical (unpaired) electrons. The van der Waals surface area contributed by atoms with Crippen LogP contribution in [0.25, 0.3) is 22.3 Å². The topological polar surface area (TPSA) is 3.24 Å². The van der Waals surface area contributed by atoms with Crippen LogP contribution in [0.4, 0.5) is 17.1 Å². The summed E-state index contributed by atoms with van der Waals surface area (Å²) in [6.45, 7) is 6.97. The highest BCUT2D eigenvalue weighted by Crippen LogP contribution is 2.70. The Balaban J connectivity index is 1.15. The molecule has 5 saturated carbocycles. The van der Waals surface area contributed by atoms with Crippen molar-refractivity contribution in [3.63, 3.8) is 0 Å². The van der Waals surface area contributed by atoms with Gasteiger partial charge in [-0.2, -0.15) is 0 Å². The predicted molar refractivity (Wildman–Crippen MR) is 208 cm³/mol. The molecule has 5 aromatic rings. The average molecular weight is 652 g/mol. The molecular formula is C49H49N. The minimum absolute atomic E-state index is 0.107. The van der Waals surface area contributed by atoms with Crippen LogP contribution in [-0.4, -0.2) is 0 Å². The Morgan fingerprint density at radius 3 is 1.84 bits per heavy atom. The normalized spacial score (nSPS) is 27.4. The molecule has 50 heavy (non-hydrogen) atoms. The predicted octanol–water partition coefficient (Wildman–Crippen LogP) is 13.0. The maximum absolute atomic E-state index is 2.64. The van der Waals surface area contributed by atoms with Crippen LogP contribution in [-0.2, 0) is 16.2 Å². The van der Waals surface area contributed by atoms with Crippen molar-refractivity contribution in [2.75, 3.05) is 4.90 Å². The first-order valence-electron chi connectivity index (χ1n) is 19.7. The lowest BCUT2D eigenvalue weighted by atomic mass is 9.43. The third-order valence-corrected chi connectivity index (χ3v) is 14.8. The smallest absolute Gasteiger partial charge is 0.0543 e. The summed E-state index contributed by atoms with van der Waals surface area (Å²) < 4.78 is 0. The molecule has 2 spiro atoms. The van der Waals surface area contributed by atoms with E-state index < -0.39 is 0 Å². The number of anilines is 3. The summed E-state index contributed by atoms with van der Waals surface area (Å²) in [5, 5.41) is 0. The second kappa shape index (κ2) is 10.2. The largest absolute Gasteiger partial charge is 0.310 e. The molecule has 4 bridgehead atoms. The van der Waals surface area contributed by atoms with Crippen LogP contribution in [0.2, 0.25) is 0 Å². The summed E-state index contributed by atoms with van der Waals surface area (Å²) in [7, 11) is 0. The van der Waals surface area contributed by atoms with E-state index in [0.29, 0.717) is 0 Å². The summed E-state index contributed by atoms with van der Waals surface area (Å²) in [4.78, 5) is 2.64. The van der Waals surface area contributed by atoms with Gasteiger partial charge in [0.25, 0.3) is 0 Å². The van der Waals surface area contributed by atoms with Crippen LogP contribution < -0.4 is 4.90 Å². The fourth-order valence-electron chi connectivity index (χ4n) is 13.0. The number of nitrogens with zero attached hydrogens (tertiary/aromatic N) is 1. The van der Waals surface area contributed by atoms with Crippen LogP contribution in [0.15, 0.2) is 109 Å². The molecule has 7 aliphatic rings. The zero-order chi connectivity index (χ0) is 33.4. The van der Waals surface area contributed by atoms with Crippen LogP contribution in [0.1, 0.15) is 106 Å². The minimum Gasteiger partial charge on any atom is -0.310 e. The molecule has 1 nitrogen and oxygen atoms in total. The second-order valence-corrected chi connectivity index (χ2v) is 18.1.